The summed E-state index contributed by atoms with van der Waals surface area (Å²) in [6, 6.07) is 14.7. The van der Waals surface area contributed by atoms with E-state index in [0.29, 0.717) is 43.2 Å². The van der Waals surface area contributed by atoms with Crippen LogP contribution in [0.2, 0.25) is 0 Å². The van der Waals surface area contributed by atoms with E-state index < -0.39 is 15.4 Å². The number of benzene rings is 2. The standard InChI is InChI=1S/C26H33N3O4S/c1-19-12-15-28(16-13-19)34(32,33)21-9-10-23-22(17-21)26(2,3)25(31)29(23)18-24(30)27-14-11-20-7-5-4-6-8-20/h4-10,17,19H,11-16,18H2,1-3H3,(H,27,30). The lowest BCUT2D eigenvalue weighted by molar-refractivity contribution is -0.125. The highest BCUT2D eigenvalue weighted by Gasteiger charge is 2.45. The van der Waals surface area contributed by atoms with Crippen molar-refractivity contribution in [1.82, 2.24) is 9.62 Å². The second kappa shape index (κ2) is 9.50. The first kappa shape index (κ1) is 24.4. The van der Waals surface area contributed by atoms with Crippen LogP contribution in [0.4, 0.5) is 5.69 Å². The number of hydrogen-bond acceptors (Lipinski definition) is 4. The van der Waals surface area contributed by atoms with Crippen LogP contribution < -0.4 is 10.2 Å². The first-order valence-corrected chi connectivity index (χ1v) is 13.3. The average molecular weight is 484 g/mol. The Morgan fingerprint density at radius 1 is 1.09 bits per heavy atom. The van der Waals surface area contributed by atoms with Crippen molar-refractivity contribution in [2.24, 2.45) is 5.92 Å². The van der Waals surface area contributed by atoms with Crippen LogP contribution in [0.5, 0.6) is 0 Å². The maximum atomic E-state index is 13.2. The Balaban J connectivity index is 1.49. The predicted octanol–water partition coefficient (Wildman–Crippen LogP) is 3.09. The van der Waals surface area contributed by atoms with Crippen LogP contribution in [0.3, 0.4) is 0 Å². The van der Waals surface area contributed by atoms with Crippen molar-refractivity contribution >= 4 is 27.5 Å². The zero-order chi connectivity index (χ0) is 24.5. The third-order valence-corrected chi connectivity index (χ3v) is 8.87. The highest BCUT2D eigenvalue weighted by atomic mass is 32.2. The zero-order valence-corrected chi connectivity index (χ0v) is 20.9. The van der Waals surface area contributed by atoms with Crippen molar-refractivity contribution in [3.63, 3.8) is 0 Å². The summed E-state index contributed by atoms with van der Waals surface area (Å²) < 4.78 is 28.0. The van der Waals surface area contributed by atoms with Crippen molar-refractivity contribution in [1.29, 1.82) is 0 Å². The van der Waals surface area contributed by atoms with E-state index in [2.05, 4.69) is 12.2 Å². The molecule has 2 aromatic carbocycles. The molecule has 1 fully saturated rings. The number of carbonyl (C=O) groups excluding carboxylic acids is 2. The first-order valence-electron chi connectivity index (χ1n) is 11.9. The fourth-order valence-electron chi connectivity index (χ4n) is 4.70. The Morgan fingerprint density at radius 2 is 1.76 bits per heavy atom. The van der Waals surface area contributed by atoms with Crippen molar-refractivity contribution in [3.8, 4) is 0 Å². The van der Waals surface area contributed by atoms with Gasteiger partial charge in [-0.15, -0.1) is 0 Å². The van der Waals surface area contributed by atoms with E-state index in [-0.39, 0.29) is 23.3 Å². The van der Waals surface area contributed by atoms with Gasteiger partial charge < -0.3 is 10.2 Å². The van der Waals surface area contributed by atoms with Crippen LogP contribution in [-0.2, 0) is 31.4 Å². The van der Waals surface area contributed by atoms with E-state index in [1.807, 2.05) is 30.3 Å². The summed E-state index contributed by atoms with van der Waals surface area (Å²) in [4.78, 5) is 27.5. The maximum Gasteiger partial charge on any atom is 0.243 e. The normalized spacial score (nSPS) is 18.7. The minimum atomic E-state index is -3.63. The van der Waals surface area contributed by atoms with E-state index in [1.54, 1.807) is 32.0 Å². The maximum absolute atomic E-state index is 13.2. The number of amides is 2. The van der Waals surface area contributed by atoms with Crippen LogP contribution in [0, 0.1) is 5.92 Å². The molecule has 4 rings (SSSR count). The predicted molar refractivity (Wildman–Crippen MR) is 132 cm³/mol. The molecular formula is C26H33N3O4S. The van der Waals surface area contributed by atoms with Gasteiger partial charge in [-0.3, -0.25) is 9.59 Å². The molecule has 34 heavy (non-hydrogen) atoms. The van der Waals surface area contributed by atoms with Crippen molar-refractivity contribution in [3.05, 3.63) is 59.7 Å². The monoisotopic (exact) mass is 483 g/mol. The van der Waals surface area contributed by atoms with Gasteiger partial charge in [0.15, 0.2) is 0 Å². The number of fused-ring (bicyclic) bond motifs is 1. The van der Waals surface area contributed by atoms with Crippen LogP contribution >= 0.6 is 0 Å². The van der Waals surface area contributed by atoms with Gasteiger partial charge in [0.1, 0.15) is 6.54 Å². The Bertz CT molecular complexity index is 1170. The minimum Gasteiger partial charge on any atom is -0.354 e. The third-order valence-electron chi connectivity index (χ3n) is 6.97. The summed E-state index contributed by atoms with van der Waals surface area (Å²) in [5, 5.41) is 2.88. The lowest BCUT2D eigenvalue weighted by Gasteiger charge is -2.29. The molecule has 0 aromatic heterocycles. The number of nitrogens with one attached hydrogen (secondary N) is 1. The molecule has 0 aliphatic carbocycles. The second-order valence-electron chi connectivity index (χ2n) is 9.87. The van der Waals surface area contributed by atoms with Gasteiger partial charge in [-0.25, -0.2) is 8.42 Å². The number of anilines is 1. The van der Waals surface area contributed by atoms with Gasteiger partial charge in [-0.2, -0.15) is 4.31 Å². The van der Waals surface area contributed by atoms with E-state index in [1.165, 1.54) is 9.21 Å². The Morgan fingerprint density at radius 3 is 2.44 bits per heavy atom. The molecule has 0 atom stereocenters. The molecule has 1 saturated heterocycles. The molecular weight excluding hydrogens is 450 g/mol. The molecule has 2 heterocycles. The molecule has 1 N–H and O–H groups in total. The Hall–Kier alpha value is -2.71. The van der Waals surface area contributed by atoms with Crippen LogP contribution in [0.15, 0.2) is 53.4 Å². The summed E-state index contributed by atoms with van der Waals surface area (Å²) in [5.41, 5.74) is 1.45. The van der Waals surface area contributed by atoms with Crippen molar-refractivity contribution in [2.75, 3.05) is 31.1 Å². The molecule has 0 unspecified atom stereocenters. The summed E-state index contributed by atoms with van der Waals surface area (Å²) >= 11 is 0. The highest BCUT2D eigenvalue weighted by molar-refractivity contribution is 7.89. The van der Waals surface area contributed by atoms with Gasteiger partial charge in [-0.05, 0) is 68.4 Å². The number of nitrogens with zero attached hydrogens (tertiary/aromatic N) is 2. The number of piperidine rings is 1. The zero-order valence-electron chi connectivity index (χ0n) is 20.1. The lowest BCUT2D eigenvalue weighted by Crippen LogP contribution is -2.43. The van der Waals surface area contributed by atoms with E-state index in [4.69, 9.17) is 0 Å². The first-order chi connectivity index (χ1) is 16.1. The number of hydrogen-bond donors (Lipinski definition) is 1. The van der Waals surface area contributed by atoms with Gasteiger partial charge in [0, 0.05) is 25.3 Å². The molecule has 2 aromatic rings. The molecule has 182 valence electrons. The topological polar surface area (TPSA) is 86.8 Å². The quantitative estimate of drug-likeness (QED) is 0.656. The molecule has 2 amide bonds. The van der Waals surface area contributed by atoms with E-state index in [0.717, 1.165) is 18.4 Å². The summed E-state index contributed by atoms with van der Waals surface area (Å²) in [6.45, 7) is 7.10. The Labute approximate surface area is 202 Å². The Kier molecular flexibility index (Phi) is 6.82. The van der Waals surface area contributed by atoms with Gasteiger partial charge in [0.25, 0.3) is 0 Å². The largest absolute Gasteiger partial charge is 0.354 e. The van der Waals surface area contributed by atoms with Crippen molar-refractivity contribution < 1.29 is 18.0 Å². The summed E-state index contributed by atoms with van der Waals surface area (Å²) in [6.07, 6.45) is 2.40. The molecule has 0 bridgehead atoms. The van der Waals surface area contributed by atoms with Gasteiger partial charge in [-0.1, -0.05) is 37.3 Å². The summed E-state index contributed by atoms with van der Waals surface area (Å²) in [5.74, 6) is 0.0737. The van der Waals surface area contributed by atoms with Gasteiger partial charge in [0.2, 0.25) is 21.8 Å². The number of rotatable bonds is 7. The van der Waals surface area contributed by atoms with Crippen LogP contribution in [0.1, 0.15) is 44.7 Å². The molecule has 0 saturated carbocycles. The van der Waals surface area contributed by atoms with E-state index >= 15 is 0 Å². The highest BCUT2D eigenvalue weighted by Crippen LogP contribution is 2.42. The lowest BCUT2D eigenvalue weighted by atomic mass is 9.86. The SMILES string of the molecule is CC1CCN(S(=O)(=O)c2ccc3c(c2)C(C)(C)C(=O)N3CC(=O)NCCc2ccccc2)CC1. The molecule has 8 heteroatoms. The average Bonchev–Trinajstić information content (AvgIpc) is 3.00. The van der Waals surface area contributed by atoms with Gasteiger partial charge in [0.05, 0.1) is 10.3 Å². The third kappa shape index (κ3) is 4.74. The number of sulfonamides is 1. The molecule has 0 spiro atoms. The molecule has 7 nitrogen and oxygen atoms in total. The second-order valence-corrected chi connectivity index (χ2v) is 11.8. The summed E-state index contributed by atoms with van der Waals surface area (Å²) in [7, 11) is -3.63. The smallest absolute Gasteiger partial charge is 0.243 e. The fourth-order valence-corrected chi connectivity index (χ4v) is 6.19. The van der Waals surface area contributed by atoms with E-state index in [9.17, 15) is 18.0 Å². The number of carbonyl (C=O) groups is 2. The van der Waals surface area contributed by atoms with Crippen LogP contribution in [0.25, 0.3) is 0 Å². The fraction of sp³-hybridized carbons (Fsp3) is 0.462. The van der Waals surface area contributed by atoms with Gasteiger partial charge >= 0.3 is 0 Å². The van der Waals surface area contributed by atoms with Crippen LogP contribution in [-0.4, -0.2) is 50.7 Å². The van der Waals surface area contributed by atoms with Crippen molar-refractivity contribution in [2.45, 2.75) is 50.3 Å². The molecule has 0 radical (unpaired) electrons. The minimum absolute atomic E-state index is 0.0971. The molecule has 2 aliphatic heterocycles. The molecule has 2 aliphatic rings.